The molecule has 1 unspecified atom stereocenters. The molecule has 4 N–H and O–H groups in total. The second-order valence-electron chi connectivity index (χ2n) is 4.69. The fourth-order valence-corrected chi connectivity index (χ4v) is 2.18. The number of nitrogens with one attached hydrogen (secondary N) is 2. The molecular weight excluding hydrogens is 270 g/mol. The van der Waals surface area contributed by atoms with Crippen molar-refractivity contribution < 1.29 is 9.53 Å². The summed E-state index contributed by atoms with van der Waals surface area (Å²) in [6.07, 6.45) is 3.51. The van der Waals surface area contributed by atoms with Gasteiger partial charge in [-0.05, 0) is 11.6 Å². The van der Waals surface area contributed by atoms with E-state index in [0.29, 0.717) is 12.4 Å². The predicted octanol–water partition coefficient (Wildman–Crippen LogP) is 0.496. The highest BCUT2D eigenvalue weighted by Crippen LogP contribution is 2.27. The van der Waals surface area contributed by atoms with Crippen LogP contribution in [0.5, 0.6) is 5.75 Å². The number of fused-ring (bicyclic) bond motifs is 1. The van der Waals surface area contributed by atoms with E-state index in [-0.39, 0.29) is 17.7 Å². The van der Waals surface area contributed by atoms with Gasteiger partial charge in [0.25, 0.3) is 5.91 Å². The maximum atomic E-state index is 12.0. The minimum absolute atomic E-state index is 0.0516. The van der Waals surface area contributed by atoms with Crippen molar-refractivity contribution >= 4 is 11.7 Å². The van der Waals surface area contributed by atoms with Crippen LogP contribution < -0.4 is 21.3 Å². The fourth-order valence-electron chi connectivity index (χ4n) is 2.18. The van der Waals surface area contributed by atoms with Crippen molar-refractivity contribution in [3.63, 3.8) is 0 Å². The molecule has 0 radical (unpaired) electrons. The fraction of sp³-hybridized carbons (Fsp3) is 0.214. The standard InChI is InChI=1S/C14H15N5O2/c15-19-13-8-16-11(7-17-13)14(20)18-6-10-5-9-3-1-2-4-12(9)21-10/h1-4,7-8,10H,5-6,15H2,(H,17,19)(H,18,20). The molecule has 1 aliphatic heterocycles. The van der Waals surface area contributed by atoms with Crippen LogP contribution in [0.1, 0.15) is 16.1 Å². The number of carbonyl (C=O) groups excluding carboxylic acids is 1. The van der Waals surface area contributed by atoms with Crippen molar-refractivity contribution in [2.24, 2.45) is 5.84 Å². The number of ether oxygens (including phenoxy) is 1. The lowest BCUT2D eigenvalue weighted by molar-refractivity contribution is 0.0928. The maximum absolute atomic E-state index is 12.0. The van der Waals surface area contributed by atoms with Gasteiger partial charge < -0.3 is 15.5 Å². The summed E-state index contributed by atoms with van der Waals surface area (Å²) >= 11 is 0. The highest BCUT2D eigenvalue weighted by molar-refractivity contribution is 5.92. The molecule has 1 aromatic carbocycles. The maximum Gasteiger partial charge on any atom is 0.271 e. The van der Waals surface area contributed by atoms with Gasteiger partial charge in [0.2, 0.25) is 0 Å². The summed E-state index contributed by atoms with van der Waals surface area (Å²) in [5.41, 5.74) is 3.76. The molecule has 108 valence electrons. The molecule has 3 rings (SSSR count). The predicted molar refractivity (Wildman–Crippen MR) is 76.7 cm³/mol. The van der Waals surface area contributed by atoms with Gasteiger partial charge in [-0.15, -0.1) is 0 Å². The Balaban J connectivity index is 1.55. The average Bonchev–Trinajstić information content (AvgIpc) is 2.95. The van der Waals surface area contributed by atoms with E-state index in [2.05, 4.69) is 20.7 Å². The molecule has 7 heteroatoms. The van der Waals surface area contributed by atoms with Crippen LogP contribution in [0, 0.1) is 0 Å². The lowest BCUT2D eigenvalue weighted by Crippen LogP contribution is -2.34. The molecule has 2 heterocycles. The highest BCUT2D eigenvalue weighted by atomic mass is 16.5. The van der Waals surface area contributed by atoms with Gasteiger partial charge in [0.15, 0.2) is 5.82 Å². The van der Waals surface area contributed by atoms with E-state index in [0.717, 1.165) is 17.7 Å². The van der Waals surface area contributed by atoms with Crippen LogP contribution in [0.3, 0.4) is 0 Å². The molecule has 0 bridgehead atoms. The largest absolute Gasteiger partial charge is 0.488 e. The van der Waals surface area contributed by atoms with Gasteiger partial charge >= 0.3 is 0 Å². The van der Waals surface area contributed by atoms with E-state index < -0.39 is 0 Å². The Morgan fingerprint density at radius 3 is 2.90 bits per heavy atom. The molecule has 7 nitrogen and oxygen atoms in total. The molecular formula is C14H15N5O2. The zero-order valence-corrected chi connectivity index (χ0v) is 11.2. The average molecular weight is 285 g/mol. The van der Waals surface area contributed by atoms with Gasteiger partial charge in [0, 0.05) is 6.42 Å². The first-order chi connectivity index (χ1) is 10.3. The molecule has 2 aromatic rings. The number of nitrogens with two attached hydrogens (primary N) is 1. The summed E-state index contributed by atoms with van der Waals surface area (Å²) in [5.74, 6) is 6.19. The van der Waals surface area contributed by atoms with Gasteiger partial charge in [-0.2, -0.15) is 0 Å². The van der Waals surface area contributed by atoms with E-state index in [1.54, 1.807) is 0 Å². The van der Waals surface area contributed by atoms with Crippen LogP contribution in [-0.4, -0.2) is 28.5 Å². The quantitative estimate of drug-likeness (QED) is 0.558. The second-order valence-corrected chi connectivity index (χ2v) is 4.69. The Bertz CT molecular complexity index is 619. The number of carbonyl (C=O) groups is 1. The Morgan fingerprint density at radius 1 is 1.33 bits per heavy atom. The van der Waals surface area contributed by atoms with Gasteiger partial charge in [-0.25, -0.2) is 15.8 Å². The van der Waals surface area contributed by atoms with Crippen molar-refractivity contribution in [1.29, 1.82) is 0 Å². The number of amides is 1. The zero-order chi connectivity index (χ0) is 14.7. The van der Waals surface area contributed by atoms with Crippen LogP contribution in [0.15, 0.2) is 36.7 Å². The lowest BCUT2D eigenvalue weighted by Gasteiger charge is -2.11. The first kappa shape index (κ1) is 13.3. The first-order valence-corrected chi connectivity index (χ1v) is 6.57. The minimum Gasteiger partial charge on any atom is -0.488 e. The van der Waals surface area contributed by atoms with Crippen LogP contribution in [0.25, 0.3) is 0 Å². The number of anilines is 1. The number of benzene rings is 1. The number of hydrogen-bond acceptors (Lipinski definition) is 6. The van der Waals surface area contributed by atoms with E-state index in [1.807, 2.05) is 24.3 Å². The monoisotopic (exact) mass is 285 g/mol. The smallest absolute Gasteiger partial charge is 0.271 e. The van der Waals surface area contributed by atoms with E-state index >= 15 is 0 Å². The zero-order valence-electron chi connectivity index (χ0n) is 11.2. The molecule has 0 saturated heterocycles. The Kier molecular flexibility index (Phi) is 3.65. The first-order valence-electron chi connectivity index (χ1n) is 6.57. The van der Waals surface area contributed by atoms with Crippen molar-refractivity contribution in [3.8, 4) is 5.75 Å². The molecule has 0 aliphatic carbocycles. The number of hydrazine groups is 1. The summed E-state index contributed by atoms with van der Waals surface area (Å²) in [6, 6.07) is 7.87. The third-order valence-corrected chi connectivity index (χ3v) is 3.24. The Hall–Kier alpha value is -2.67. The van der Waals surface area contributed by atoms with E-state index in [9.17, 15) is 4.79 Å². The summed E-state index contributed by atoms with van der Waals surface area (Å²) in [5, 5.41) is 2.80. The summed E-state index contributed by atoms with van der Waals surface area (Å²) in [6.45, 7) is 0.423. The van der Waals surface area contributed by atoms with Gasteiger partial charge in [-0.3, -0.25) is 4.79 Å². The van der Waals surface area contributed by atoms with Gasteiger partial charge in [0.1, 0.15) is 17.5 Å². The van der Waals surface area contributed by atoms with Crippen LogP contribution >= 0.6 is 0 Å². The lowest BCUT2D eigenvalue weighted by atomic mass is 10.1. The number of hydrogen-bond donors (Lipinski definition) is 3. The minimum atomic E-state index is -0.286. The third-order valence-electron chi connectivity index (χ3n) is 3.24. The number of nitrogens with zero attached hydrogens (tertiary/aromatic N) is 2. The SMILES string of the molecule is NNc1cnc(C(=O)NCC2Cc3ccccc3O2)cn1. The molecule has 21 heavy (non-hydrogen) atoms. The van der Waals surface area contributed by atoms with Crippen molar-refractivity contribution in [1.82, 2.24) is 15.3 Å². The molecule has 1 aliphatic rings. The van der Waals surface area contributed by atoms with Crippen molar-refractivity contribution in [2.45, 2.75) is 12.5 Å². The molecule has 0 fully saturated rings. The van der Waals surface area contributed by atoms with Crippen LogP contribution in [0.4, 0.5) is 5.82 Å². The molecule has 0 spiro atoms. The molecule has 1 aromatic heterocycles. The van der Waals surface area contributed by atoms with Crippen molar-refractivity contribution in [2.75, 3.05) is 12.0 Å². The molecule has 0 saturated carbocycles. The van der Waals surface area contributed by atoms with Crippen LogP contribution in [-0.2, 0) is 6.42 Å². The normalized spacial score (nSPS) is 16.0. The highest BCUT2D eigenvalue weighted by Gasteiger charge is 2.22. The topological polar surface area (TPSA) is 102 Å². The Morgan fingerprint density at radius 2 is 2.19 bits per heavy atom. The summed E-state index contributed by atoms with van der Waals surface area (Å²) < 4.78 is 5.75. The van der Waals surface area contributed by atoms with Crippen molar-refractivity contribution in [3.05, 3.63) is 47.9 Å². The summed E-state index contributed by atoms with van der Waals surface area (Å²) in [4.78, 5) is 19.9. The second kappa shape index (κ2) is 5.76. The number of rotatable bonds is 4. The summed E-state index contributed by atoms with van der Waals surface area (Å²) in [7, 11) is 0. The van der Waals surface area contributed by atoms with E-state index in [1.165, 1.54) is 12.4 Å². The van der Waals surface area contributed by atoms with E-state index in [4.69, 9.17) is 10.6 Å². The third kappa shape index (κ3) is 2.92. The number of aromatic nitrogens is 2. The van der Waals surface area contributed by atoms with Gasteiger partial charge in [0.05, 0.1) is 18.9 Å². The molecule has 1 amide bonds. The van der Waals surface area contributed by atoms with Crippen LogP contribution in [0.2, 0.25) is 0 Å². The Labute approximate surface area is 121 Å². The van der Waals surface area contributed by atoms with Gasteiger partial charge in [-0.1, -0.05) is 18.2 Å². The number of para-hydroxylation sites is 1. The number of nitrogen functional groups attached to an aromatic ring is 1. The molecule has 1 atom stereocenters.